The van der Waals surface area contributed by atoms with Gasteiger partial charge in [-0.15, -0.1) is 0 Å². The first kappa shape index (κ1) is 25.3. The van der Waals surface area contributed by atoms with E-state index in [0.29, 0.717) is 5.56 Å². The maximum absolute atomic E-state index is 12.7. The molecule has 1 amide bonds. The van der Waals surface area contributed by atoms with E-state index in [1.807, 2.05) is 4.72 Å². The van der Waals surface area contributed by atoms with Crippen LogP contribution < -0.4 is 20.7 Å². The van der Waals surface area contributed by atoms with Gasteiger partial charge in [-0.05, 0) is 23.8 Å². The van der Waals surface area contributed by atoms with Crippen molar-refractivity contribution in [3.63, 3.8) is 0 Å². The number of nitro groups is 1. The van der Waals surface area contributed by atoms with Crippen LogP contribution in [0.3, 0.4) is 0 Å². The smallest absolute Gasteiger partial charge is 0.332 e. The van der Waals surface area contributed by atoms with Crippen LogP contribution in [0.1, 0.15) is 5.56 Å². The second-order valence-corrected chi connectivity index (χ2v) is 9.62. The fourth-order valence-electron chi connectivity index (χ4n) is 3.57. The first-order valence-electron chi connectivity index (χ1n) is 10.6. The van der Waals surface area contributed by atoms with Gasteiger partial charge in [0, 0.05) is 20.2 Å². The van der Waals surface area contributed by atoms with E-state index in [4.69, 9.17) is 4.74 Å². The summed E-state index contributed by atoms with van der Waals surface area (Å²) in [4.78, 5) is 51.4. The summed E-state index contributed by atoms with van der Waals surface area (Å²) in [6, 6.07) is 11.3. The number of nitrogens with one attached hydrogen (secondary N) is 1. The minimum atomic E-state index is -4.25. The van der Waals surface area contributed by atoms with Gasteiger partial charge in [0.2, 0.25) is 0 Å². The Morgan fingerprint density at radius 3 is 2.43 bits per heavy atom. The summed E-state index contributed by atoms with van der Waals surface area (Å²) in [5.74, 6) is -0.864. The van der Waals surface area contributed by atoms with Crippen molar-refractivity contribution in [1.29, 1.82) is 0 Å². The van der Waals surface area contributed by atoms with Crippen LogP contribution in [0.4, 0.5) is 5.69 Å². The number of hydrogen-bond acceptors (Lipinski definition) is 9. The molecule has 0 saturated carbocycles. The van der Waals surface area contributed by atoms with Crippen LogP contribution in [-0.2, 0) is 42.1 Å². The zero-order valence-corrected chi connectivity index (χ0v) is 20.3. The molecule has 0 aliphatic carbocycles. The number of aromatic nitrogens is 4. The molecule has 0 fully saturated rings. The minimum Gasteiger partial charge on any atom is -0.482 e. The third-order valence-corrected chi connectivity index (χ3v) is 6.86. The van der Waals surface area contributed by atoms with E-state index < -0.39 is 38.6 Å². The molecule has 4 rings (SSSR count). The van der Waals surface area contributed by atoms with Crippen LogP contribution in [0.5, 0.6) is 5.75 Å². The second-order valence-electron chi connectivity index (χ2n) is 7.94. The van der Waals surface area contributed by atoms with Crippen LogP contribution in [0.25, 0.3) is 11.2 Å². The number of imidazole rings is 1. The zero-order chi connectivity index (χ0) is 26.9. The van der Waals surface area contributed by atoms with E-state index in [9.17, 15) is 32.9 Å². The molecule has 2 aromatic carbocycles. The molecule has 0 radical (unpaired) electrons. The molecule has 1 N–H and O–H groups in total. The van der Waals surface area contributed by atoms with Crippen molar-refractivity contribution < 1.29 is 22.9 Å². The number of benzene rings is 2. The molecular weight excluding hydrogens is 508 g/mol. The Balaban J connectivity index is 1.46. The molecule has 4 aromatic rings. The number of nitrogens with zero attached hydrogens (tertiary/aromatic N) is 5. The fourth-order valence-corrected chi connectivity index (χ4v) is 4.55. The topological polar surface area (TPSA) is 177 Å². The third-order valence-electron chi connectivity index (χ3n) is 5.47. The zero-order valence-electron chi connectivity index (χ0n) is 19.5. The number of nitro benzene ring substituents is 1. The van der Waals surface area contributed by atoms with E-state index in [1.54, 1.807) is 6.07 Å². The predicted molar refractivity (Wildman–Crippen MR) is 129 cm³/mol. The van der Waals surface area contributed by atoms with Gasteiger partial charge < -0.3 is 9.30 Å². The number of amides is 1. The van der Waals surface area contributed by atoms with Crippen molar-refractivity contribution in [2.75, 3.05) is 0 Å². The quantitative estimate of drug-likeness (QED) is 0.251. The van der Waals surface area contributed by atoms with Gasteiger partial charge in [0.1, 0.15) is 13.2 Å². The molecule has 0 saturated heterocycles. The highest BCUT2D eigenvalue weighted by molar-refractivity contribution is 7.90. The summed E-state index contributed by atoms with van der Waals surface area (Å²) in [7, 11) is -1.55. The molecule has 192 valence electrons. The third kappa shape index (κ3) is 4.97. The lowest BCUT2D eigenvalue weighted by Gasteiger charge is -2.10. The van der Waals surface area contributed by atoms with Crippen LogP contribution in [0, 0.1) is 10.1 Å². The molecule has 2 heterocycles. The second kappa shape index (κ2) is 9.69. The van der Waals surface area contributed by atoms with Crippen LogP contribution in [0.2, 0.25) is 0 Å². The number of sulfonamides is 1. The van der Waals surface area contributed by atoms with Crippen molar-refractivity contribution in [3.05, 3.63) is 91.4 Å². The van der Waals surface area contributed by atoms with Gasteiger partial charge in [0.05, 0.1) is 16.1 Å². The van der Waals surface area contributed by atoms with Crippen molar-refractivity contribution in [1.82, 2.24) is 23.4 Å². The lowest BCUT2D eigenvalue weighted by Crippen LogP contribution is -2.38. The minimum absolute atomic E-state index is 0.0276. The Morgan fingerprint density at radius 2 is 1.76 bits per heavy atom. The summed E-state index contributed by atoms with van der Waals surface area (Å²) in [5.41, 5.74) is -0.900. The highest BCUT2D eigenvalue weighted by Gasteiger charge is 2.21. The lowest BCUT2D eigenvalue weighted by atomic mass is 10.2. The van der Waals surface area contributed by atoms with Crippen molar-refractivity contribution in [2.24, 2.45) is 14.1 Å². The van der Waals surface area contributed by atoms with Gasteiger partial charge in [-0.1, -0.05) is 24.3 Å². The monoisotopic (exact) mass is 528 g/mol. The van der Waals surface area contributed by atoms with Crippen LogP contribution in [0.15, 0.2) is 69.3 Å². The summed E-state index contributed by atoms with van der Waals surface area (Å²) in [5, 5.41) is 11.1. The molecule has 15 heteroatoms. The molecule has 2 aromatic heterocycles. The van der Waals surface area contributed by atoms with E-state index in [1.165, 1.54) is 62.9 Å². The van der Waals surface area contributed by atoms with Gasteiger partial charge in [-0.25, -0.2) is 22.9 Å². The van der Waals surface area contributed by atoms with Crippen molar-refractivity contribution in [3.8, 4) is 5.75 Å². The van der Waals surface area contributed by atoms with E-state index >= 15 is 0 Å². The Hall–Kier alpha value is -4.79. The molecule has 14 nitrogen and oxygen atoms in total. The van der Waals surface area contributed by atoms with E-state index in [2.05, 4.69) is 4.98 Å². The average Bonchev–Trinajstić information content (AvgIpc) is 3.28. The van der Waals surface area contributed by atoms with Crippen molar-refractivity contribution >= 4 is 32.8 Å². The first-order chi connectivity index (χ1) is 17.5. The van der Waals surface area contributed by atoms with Gasteiger partial charge in [-0.3, -0.25) is 28.8 Å². The fraction of sp³-hybridized carbons (Fsp3) is 0.182. The molecule has 0 aliphatic heterocycles. The maximum atomic E-state index is 12.7. The molecular formula is C22H20N6O8S. The summed E-state index contributed by atoms with van der Waals surface area (Å²) in [6.07, 6.45) is 1.17. The van der Waals surface area contributed by atoms with E-state index in [-0.39, 0.29) is 34.1 Å². The van der Waals surface area contributed by atoms with E-state index in [0.717, 1.165) is 13.7 Å². The highest BCUT2D eigenvalue weighted by atomic mass is 32.2. The predicted octanol–water partition coefficient (Wildman–Crippen LogP) is 0.426. The Bertz CT molecular complexity index is 1750. The van der Waals surface area contributed by atoms with Crippen molar-refractivity contribution in [2.45, 2.75) is 18.0 Å². The van der Waals surface area contributed by atoms with Crippen LogP contribution in [-0.4, -0.2) is 37.9 Å². The Kier molecular flexibility index (Phi) is 6.63. The molecule has 0 aliphatic rings. The SMILES string of the molecule is Cn1c(=O)c2c(ncn2CC(=O)NS(=O)(=O)c2ccc(COc3ccccc3[N+](=O)[O-])cc2)n(C)c1=O. The molecule has 0 spiro atoms. The number of para-hydroxylation sites is 2. The number of carbonyl (C=O) groups is 1. The number of ether oxygens (including phenoxy) is 1. The molecule has 0 unspecified atom stereocenters. The highest BCUT2D eigenvalue weighted by Crippen LogP contribution is 2.26. The van der Waals surface area contributed by atoms with Gasteiger partial charge in [0.15, 0.2) is 16.9 Å². The summed E-state index contributed by atoms with van der Waals surface area (Å²) >= 11 is 0. The maximum Gasteiger partial charge on any atom is 0.332 e. The van der Waals surface area contributed by atoms with Gasteiger partial charge in [0.25, 0.3) is 21.5 Å². The standard InChI is InChI=1S/C22H20N6O8S/c1-25-20-19(21(30)26(2)22(25)31)27(13-23-20)11-18(29)24-37(34,35)15-9-7-14(8-10-15)12-36-17-6-4-3-5-16(17)28(32)33/h3-10,13H,11-12H2,1-2H3,(H,24,29). The number of carbonyl (C=O) groups excluding carboxylic acids is 1. The summed E-state index contributed by atoms with van der Waals surface area (Å²) < 4.78 is 36.0. The molecule has 0 bridgehead atoms. The Morgan fingerprint density at radius 1 is 1.08 bits per heavy atom. The largest absolute Gasteiger partial charge is 0.482 e. The molecule has 0 atom stereocenters. The normalized spacial score (nSPS) is 11.4. The number of rotatable bonds is 8. The summed E-state index contributed by atoms with van der Waals surface area (Å²) in [6.45, 7) is -0.590. The van der Waals surface area contributed by atoms with Crippen LogP contribution >= 0.6 is 0 Å². The lowest BCUT2D eigenvalue weighted by molar-refractivity contribution is -0.385. The Labute approximate surface area is 208 Å². The number of aryl methyl sites for hydroxylation is 1. The average molecular weight is 529 g/mol. The van der Waals surface area contributed by atoms with Gasteiger partial charge in [-0.2, -0.15) is 0 Å². The number of fused-ring (bicyclic) bond motifs is 1. The number of hydrogen-bond donors (Lipinski definition) is 1. The molecule has 37 heavy (non-hydrogen) atoms. The first-order valence-corrected chi connectivity index (χ1v) is 12.1. The van der Waals surface area contributed by atoms with Gasteiger partial charge >= 0.3 is 11.4 Å².